The molecule has 0 radical (unpaired) electrons. The predicted octanol–water partition coefficient (Wildman–Crippen LogP) is 1.22. The van der Waals surface area contributed by atoms with Crippen molar-refractivity contribution in [1.82, 2.24) is 9.71 Å². The van der Waals surface area contributed by atoms with Crippen LogP contribution in [0.2, 0.25) is 0 Å². The van der Waals surface area contributed by atoms with Crippen LogP contribution in [0.15, 0.2) is 23.2 Å². The molecule has 0 atom stereocenters. The Morgan fingerprint density at radius 3 is 2.68 bits per heavy atom. The van der Waals surface area contributed by atoms with Crippen molar-refractivity contribution >= 4 is 15.8 Å². The van der Waals surface area contributed by atoms with E-state index in [1.54, 1.807) is 6.07 Å². The zero-order valence-corrected chi connectivity index (χ0v) is 12.2. The highest BCUT2D eigenvalue weighted by Crippen LogP contribution is 2.10. The summed E-state index contributed by atoms with van der Waals surface area (Å²) in [6, 6.07) is 3.19. The van der Waals surface area contributed by atoms with E-state index in [0.717, 1.165) is 6.54 Å². The third kappa shape index (κ3) is 5.54. The number of hydrogen-bond acceptors (Lipinski definition) is 5. The van der Waals surface area contributed by atoms with Crippen LogP contribution >= 0.6 is 0 Å². The molecule has 0 aliphatic heterocycles. The highest BCUT2D eigenvalue weighted by atomic mass is 32.2. The molecule has 0 saturated carbocycles. The van der Waals surface area contributed by atoms with E-state index < -0.39 is 10.0 Å². The zero-order valence-electron chi connectivity index (χ0n) is 11.3. The van der Waals surface area contributed by atoms with E-state index >= 15 is 0 Å². The van der Waals surface area contributed by atoms with Gasteiger partial charge in [-0.05, 0) is 32.4 Å². The van der Waals surface area contributed by atoms with Crippen molar-refractivity contribution in [2.24, 2.45) is 0 Å². The van der Waals surface area contributed by atoms with Gasteiger partial charge in [0.2, 0.25) is 10.0 Å². The van der Waals surface area contributed by atoms with E-state index in [1.165, 1.54) is 12.3 Å². The molecule has 0 fully saturated rings. The topological polar surface area (TPSA) is 80.3 Å². The molecule has 0 amide bonds. The lowest BCUT2D eigenvalue weighted by atomic mass is 10.4. The van der Waals surface area contributed by atoms with Gasteiger partial charge >= 0.3 is 0 Å². The molecular weight excluding hydrogens is 266 g/mol. The monoisotopic (exact) mass is 287 g/mol. The van der Waals surface area contributed by atoms with E-state index in [0.29, 0.717) is 32.0 Å². The Morgan fingerprint density at radius 2 is 2.11 bits per heavy atom. The van der Waals surface area contributed by atoms with Crippen LogP contribution in [0.1, 0.15) is 20.3 Å². The quantitative estimate of drug-likeness (QED) is 0.667. The molecule has 0 unspecified atom stereocenters. The molecule has 108 valence electrons. The summed E-state index contributed by atoms with van der Waals surface area (Å²) in [5.41, 5.74) is 0. The molecule has 0 aliphatic carbocycles. The Labute approximate surface area is 114 Å². The molecule has 0 aliphatic rings. The van der Waals surface area contributed by atoms with Crippen LogP contribution in [-0.4, -0.2) is 39.7 Å². The molecule has 2 N–H and O–H groups in total. The van der Waals surface area contributed by atoms with Gasteiger partial charge in [-0.15, -0.1) is 0 Å². The molecule has 1 heterocycles. The number of ether oxygens (including phenoxy) is 1. The number of sulfonamides is 1. The Kier molecular flexibility index (Phi) is 6.75. The standard InChI is InChI=1S/C12H21N3O3S/c1-3-13-12-7-6-11(10-14-12)19(16,17)15-8-5-9-18-4-2/h6-7,10,15H,3-5,8-9H2,1-2H3,(H,13,14). The van der Waals surface area contributed by atoms with E-state index in [2.05, 4.69) is 15.0 Å². The van der Waals surface area contributed by atoms with Crippen LogP contribution in [0.5, 0.6) is 0 Å². The second-order valence-electron chi connectivity index (χ2n) is 3.86. The van der Waals surface area contributed by atoms with Gasteiger partial charge in [-0.2, -0.15) is 0 Å². The first-order valence-corrected chi connectivity index (χ1v) is 7.85. The van der Waals surface area contributed by atoms with Gasteiger partial charge in [0.05, 0.1) is 0 Å². The molecule has 7 heteroatoms. The van der Waals surface area contributed by atoms with Crippen LogP contribution in [0.4, 0.5) is 5.82 Å². The first kappa shape index (κ1) is 15.9. The summed E-state index contributed by atoms with van der Waals surface area (Å²) in [6.07, 6.45) is 2.00. The maximum Gasteiger partial charge on any atom is 0.242 e. The molecule has 0 saturated heterocycles. The lowest BCUT2D eigenvalue weighted by Gasteiger charge is -2.07. The van der Waals surface area contributed by atoms with Crippen molar-refractivity contribution in [1.29, 1.82) is 0 Å². The third-order valence-corrected chi connectivity index (χ3v) is 3.81. The fourth-order valence-corrected chi connectivity index (χ4v) is 2.45. The number of aromatic nitrogens is 1. The Bertz CT molecular complexity index is 460. The van der Waals surface area contributed by atoms with Gasteiger partial charge in [-0.25, -0.2) is 18.1 Å². The molecular formula is C12H21N3O3S. The molecule has 19 heavy (non-hydrogen) atoms. The first-order valence-electron chi connectivity index (χ1n) is 6.37. The predicted molar refractivity (Wildman–Crippen MR) is 74.7 cm³/mol. The lowest BCUT2D eigenvalue weighted by Crippen LogP contribution is -2.25. The number of nitrogens with one attached hydrogen (secondary N) is 2. The number of anilines is 1. The van der Waals surface area contributed by atoms with Crippen LogP contribution in [0.3, 0.4) is 0 Å². The molecule has 6 nitrogen and oxygen atoms in total. The number of nitrogens with zero attached hydrogens (tertiary/aromatic N) is 1. The van der Waals surface area contributed by atoms with Crippen molar-refractivity contribution in [3.05, 3.63) is 18.3 Å². The van der Waals surface area contributed by atoms with Crippen LogP contribution < -0.4 is 10.0 Å². The number of pyridine rings is 1. The first-order chi connectivity index (χ1) is 9.10. The minimum absolute atomic E-state index is 0.172. The molecule has 1 aromatic rings. The zero-order chi connectivity index (χ0) is 14.1. The van der Waals surface area contributed by atoms with E-state index in [1.807, 2.05) is 13.8 Å². The summed E-state index contributed by atoms with van der Waals surface area (Å²) < 4.78 is 31.5. The fourth-order valence-electron chi connectivity index (χ4n) is 1.43. The molecule has 0 spiro atoms. The summed E-state index contributed by atoms with van der Waals surface area (Å²) in [5.74, 6) is 0.665. The Hall–Kier alpha value is -1.18. The fraction of sp³-hybridized carbons (Fsp3) is 0.583. The summed E-state index contributed by atoms with van der Waals surface area (Å²) in [7, 11) is -3.48. The Morgan fingerprint density at radius 1 is 1.32 bits per heavy atom. The Balaban J connectivity index is 2.52. The van der Waals surface area contributed by atoms with Gasteiger partial charge in [0.25, 0.3) is 0 Å². The van der Waals surface area contributed by atoms with E-state index in [9.17, 15) is 8.42 Å². The number of rotatable bonds is 9. The van der Waals surface area contributed by atoms with E-state index in [-0.39, 0.29) is 4.90 Å². The van der Waals surface area contributed by atoms with Crippen molar-refractivity contribution in [2.75, 3.05) is 31.6 Å². The van der Waals surface area contributed by atoms with Crippen molar-refractivity contribution in [3.8, 4) is 0 Å². The largest absolute Gasteiger partial charge is 0.382 e. The van der Waals surface area contributed by atoms with Crippen LogP contribution in [0.25, 0.3) is 0 Å². The summed E-state index contributed by atoms with van der Waals surface area (Å²) in [4.78, 5) is 4.21. The van der Waals surface area contributed by atoms with E-state index in [4.69, 9.17) is 4.74 Å². The van der Waals surface area contributed by atoms with Crippen LogP contribution in [-0.2, 0) is 14.8 Å². The van der Waals surface area contributed by atoms with Crippen LogP contribution in [0, 0.1) is 0 Å². The third-order valence-electron chi connectivity index (χ3n) is 2.37. The minimum Gasteiger partial charge on any atom is -0.382 e. The van der Waals surface area contributed by atoms with Crippen molar-refractivity contribution in [2.45, 2.75) is 25.2 Å². The average molecular weight is 287 g/mol. The second kappa shape index (κ2) is 8.08. The summed E-state index contributed by atoms with van der Waals surface area (Å²) in [6.45, 7) is 6.15. The second-order valence-corrected chi connectivity index (χ2v) is 5.62. The normalized spacial score (nSPS) is 11.5. The highest BCUT2D eigenvalue weighted by Gasteiger charge is 2.13. The SMILES string of the molecule is CCNc1ccc(S(=O)(=O)NCCCOCC)cn1. The molecule has 1 aromatic heterocycles. The average Bonchev–Trinajstić information content (AvgIpc) is 2.39. The van der Waals surface area contributed by atoms with Gasteiger partial charge in [0, 0.05) is 32.5 Å². The smallest absolute Gasteiger partial charge is 0.242 e. The lowest BCUT2D eigenvalue weighted by molar-refractivity contribution is 0.146. The van der Waals surface area contributed by atoms with Gasteiger partial charge in [0.15, 0.2) is 0 Å². The van der Waals surface area contributed by atoms with Gasteiger partial charge in [0.1, 0.15) is 10.7 Å². The van der Waals surface area contributed by atoms with Crippen molar-refractivity contribution in [3.63, 3.8) is 0 Å². The maximum absolute atomic E-state index is 11.9. The molecule has 0 bridgehead atoms. The van der Waals surface area contributed by atoms with Gasteiger partial charge < -0.3 is 10.1 Å². The van der Waals surface area contributed by atoms with Gasteiger partial charge in [-0.1, -0.05) is 0 Å². The highest BCUT2D eigenvalue weighted by molar-refractivity contribution is 7.89. The minimum atomic E-state index is -3.48. The molecule has 1 rings (SSSR count). The number of hydrogen-bond donors (Lipinski definition) is 2. The van der Waals surface area contributed by atoms with Gasteiger partial charge in [-0.3, -0.25) is 0 Å². The molecule has 0 aromatic carbocycles. The maximum atomic E-state index is 11.9. The van der Waals surface area contributed by atoms with Crippen molar-refractivity contribution < 1.29 is 13.2 Å². The summed E-state index contributed by atoms with van der Waals surface area (Å²) in [5, 5.41) is 3.01. The summed E-state index contributed by atoms with van der Waals surface area (Å²) >= 11 is 0.